The third kappa shape index (κ3) is 14.6. The standard InChI is InChI=1S/C10H14.2C8H16.C8H10.B/c1-7-5-6-8(2)10(4)9(7)3;3*1-7-3-5-8(2)6-4-7;/h5-6H,1-4H3;2*7-8H,3-6H2,1-2H3;3-6H,1-2H3;. The summed E-state index contributed by atoms with van der Waals surface area (Å²) in [7, 11) is 0. The number of benzene rings is 2. The van der Waals surface area contributed by atoms with Crippen LogP contribution in [-0.2, 0) is 0 Å². The lowest BCUT2D eigenvalue weighted by molar-refractivity contribution is 0.308. The third-order valence-corrected chi connectivity index (χ3v) is 8.16. The van der Waals surface area contributed by atoms with Gasteiger partial charge in [-0.1, -0.05) is 127 Å². The molecule has 2 aromatic rings. The van der Waals surface area contributed by atoms with Crippen LogP contribution in [0, 0.1) is 65.2 Å². The molecule has 0 atom stereocenters. The van der Waals surface area contributed by atoms with E-state index in [9.17, 15) is 0 Å². The van der Waals surface area contributed by atoms with E-state index < -0.39 is 0 Å². The number of rotatable bonds is 0. The average molecular weight is 476 g/mol. The molecule has 0 saturated heterocycles. The molecule has 0 spiro atoms. The van der Waals surface area contributed by atoms with Gasteiger partial charge in [0, 0.05) is 8.41 Å². The van der Waals surface area contributed by atoms with E-state index in [1.807, 2.05) is 0 Å². The predicted molar refractivity (Wildman–Crippen MR) is 161 cm³/mol. The molecule has 0 bridgehead atoms. The van der Waals surface area contributed by atoms with Crippen molar-refractivity contribution in [2.24, 2.45) is 23.7 Å². The molecule has 0 N–H and O–H groups in total. The zero-order chi connectivity index (χ0) is 25.7. The minimum Gasteiger partial charge on any atom is -0.0625 e. The monoisotopic (exact) mass is 475 g/mol. The first-order chi connectivity index (χ1) is 16.0. The summed E-state index contributed by atoms with van der Waals surface area (Å²) >= 11 is 0. The van der Waals surface area contributed by atoms with Crippen molar-refractivity contribution in [3.05, 3.63) is 69.8 Å². The second-order valence-corrected chi connectivity index (χ2v) is 11.8. The minimum atomic E-state index is 0. The van der Waals surface area contributed by atoms with Gasteiger partial charge in [0.05, 0.1) is 0 Å². The lowest BCUT2D eigenvalue weighted by atomic mass is 9.84. The zero-order valence-electron chi connectivity index (χ0n) is 25.0. The Balaban J connectivity index is 0.000000438. The number of hydrogen-bond donors (Lipinski definition) is 0. The first-order valence-electron chi connectivity index (χ1n) is 14.1. The Bertz CT molecular complexity index is 700. The number of hydrogen-bond acceptors (Lipinski definition) is 0. The third-order valence-electron chi connectivity index (χ3n) is 8.16. The molecule has 0 heterocycles. The van der Waals surface area contributed by atoms with Crippen LogP contribution in [0.4, 0.5) is 0 Å². The van der Waals surface area contributed by atoms with E-state index in [4.69, 9.17) is 0 Å². The van der Waals surface area contributed by atoms with Crippen LogP contribution in [0.3, 0.4) is 0 Å². The summed E-state index contributed by atoms with van der Waals surface area (Å²) < 4.78 is 0. The van der Waals surface area contributed by atoms with Crippen molar-refractivity contribution in [3.63, 3.8) is 0 Å². The van der Waals surface area contributed by atoms with Crippen molar-refractivity contribution in [2.75, 3.05) is 0 Å². The molecule has 0 aliphatic heterocycles. The zero-order valence-corrected chi connectivity index (χ0v) is 25.0. The summed E-state index contributed by atoms with van der Waals surface area (Å²) in [5.74, 6) is 4.08. The van der Waals surface area contributed by atoms with Crippen LogP contribution in [0.15, 0.2) is 36.4 Å². The second kappa shape index (κ2) is 17.9. The second-order valence-electron chi connectivity index (χ2n) is 11.8. The molecule has 2 fully saturated rings. The molecule has 0 nitrogen and oxygen atoms in total. The fourth-order valence-electron chi connectivity index (χ4n) is 4.58. The van der Waals surface area contributed by atoms with Gasteiger partial charge in [-0.15, -0.1) is 0 Å². The highest BCUT2D eigenvalue weighted by atomic mass is 14.2. The van der Waals surface area contributed by atoms with Crippen molar-refractivity contribution < 1.29 is 0 Å². The Kier molecular flexibility index (Phi) is 17.1. The Morgan fingerprint density at radius 1 is 0.400 bits per heavy atom. The van der Waals surface area contributed by atoms with Crippen molar-refractivity contribution in [1.29, 1.82) is 0 Å². The molecule has 4 rings (SSSR count). The maximum absolute atomic E-state index is 2.37. The summed E-state index contributed by atoms with van der Waals surface area (Å²) in [5, 5.41) is 0. The van der Waals surface area contributed by atoms with Crippen molar-refractivity contribution in [1.82, 2.24) is 0 Å². The van der Waals surface area contributed by atoms with Gasteiger partial charge in [0.1, 0.15) is 0 Å². The highest BCUT2D eigenvalue weighted by molar-refractivity contribution is 5.75. The number of aryl methyl sites for hydroxylation is 4. The maximum atomic E-state index is 2.37. The molecule has 2 saturated carbocycles. The van der Waals surface area contributed by atoms with Crippen LogP contribution < -0.4 is 0 Å². The molecule has 1 heteroatoms. The highest BCUT2D eigenvalue weighted by Gasteiger charge is 2.13. The van der Waals surface area contributed by atoms with Gasteiger partial charge in [0.15, 0.2) is 0 Å². The Labute approximate surface area is 222 Å². The van der Waals surface area contributed by atoms with Crippen LogP contribution in [0.5, 0.6) is 0 Å². The van der Waals surface area contributed by atoms with Crippen molar-refractivity contribution in [3.8, 4) is 0 Å². The van der Waals surface area contributed by atoms with E-state index in [2.05, 4.69) is 106 Å². The van der Waals surface area contributed by atoms with Crippen molar-refractivity contribution in [2.45, 2.75) is 121 Å². The Hall–Kier alpha value is -1.50. The molecule has 0 amide bonds. The summed E-state index contributed by atoms with van der Waals surface area (Å²) in [6.07, 6.45) is 11.8. The van der Waals surface area contributed by atoms with Gasteiger partial charge >= 0.3 is 0 Å². The van der Waals surface area contributed by atoms with Gasteiger partial charge in [-0.3, -0.25) is 0 Å². The lowest BCUT2D eigenvalue weighted by Crippen LogP contribution is -2.08. The lowest BCUT2D eigenvalue weighted by Gasteiger charge is -2.22. The van der Waals surface area contributed by atoms with Crippen LogP contribution in [0.2, 0.25) is 0 Å². The smallest absolute Gasteiger partial charge is 0 e. The SMILES string of the molecule is CC1CCC(C)CC1.CC1CCC(C)CC1.Cc1ccc(C)c(C)c1C.Cc1ccc(C)cc1.[B]. The van der Waals surface area contributed by atoms with Gasteiger partial charge in [0.25, 0.3) is 0 Å². The van der Waals surface area contributed by atoms with Crippen LogP contribution >= 0.6 is 0 Å². The summed E-state index contributed by atoms with van der Waals surface area (Å²) in [6, 6.07) is 12.8. The molecule has 0 aromatic heterocycles. The van der Waals surface area contributed by atoms with Gasteiger partial charge in [-0.25, -0.2) is 0 Å². The van der Waals surface area contributed by atoms with Gasteiger partial charge < -0.3 is 0 Å². The van der Waals surface area contributed by atoms with E-state index in [1.54, 1.807) is 0 Å². The molecular formula is C34H56B. The highest BCUT2D eigenvalue weighted by Crippen LogP contribution is 2.28. The maximum Gasteiger partial charge on any atom is 0 e. The predicted octanol–water partition coefficient (Wildman–Crippen LogP) is 10.5. The van der Waals surface area contributed by atoms with Crippen LogP contribution in [0.25, 0.3) is 0 Å². The largest absolute Gasteiger partial charge is 0.0625 e. The van der Waals surface area contributed by atoms with Gasteiger partial charge in [-0.2, -0.15) is 0 Å². The molecule has 35 heavy (non-hydrogen) atoms. The first-order valence-corrected chi connectivity index (χ1v) is 14.1. The fourth-order valence-corrected chi connectivity index (χ4v) is 4.58. The van der Waals surface area contributed by atoms with Crippen molar-refractivity contribution >= 4 is 8.41 Å². The van der Waals surface area contributed by atoms with E-state index >= 15 is 0 Å². The van der Waals surface area contributed by atoms with E-state index in [0.717, 1.165) is 23.7 Å². The van der Waals surface area contributed by atoms with E-state index in [1.165, 1.54) is 84.7 Å². The Morgan fingerprint density at radius 2 is 0.600 bits per heavy atom. The fraction of sp³-hybridized carbons (Fsp3) is 0.647. The van der Waals surface area contributed by atoms with Crippen LogP contribution in [-0.4, -0.2) is 8.41 Å². The van der Waals surface area contributed by atoms with E-state index in [0.29, 0.717) is 0 Å². The molecular weight excluding hydrogens is 419 g/mol. The molecule has 2 aromatic carbocycles. The molecule has 2 aliphatic rings. The Morgan fingerprint density at radius 3 is 0.800 bits per heavy atom. The topological polar surface area (TPSA) is 0 Å². The summed E-state index contributed by atoms with van der Waals surface area (Å²) in [6.45, 7) is 22.3. The summed E-state index contributed by atoms with van der Waals surface area (Å²) in [5.41, 5.74) is 8.30. The normalized spacial score (nSPS) is 23.1. The molecule has 2 aliphatic carbocycles. The molecule has 0 unspecified atom stereocenters. The quantitative estimate of drug-likeness (QED) is 0.332. The van der Waals surface area contributed by atoms with Gasteiger partial charge in [0.2, 0.25) is 0 Å². The average Bonchev–Trinajstić information content (AvgIpc) is 2.82. The molecule has 195 valence electrons. The first kappa shape index (κ1) is 33.5. The molecule has 3 radical (unpaired) electrons. The van der Waals surface area contributed by atoms with E-state index in [-0.39, 0.29) is 8.41 Å². The minimum absolute atomic E-state index is 0. The van der Waals surface area contributed by atoms with Gasteiger partial charge in [-0.05, 0) is 87.5 Å². The van der Waals surface area contributed by atoms with Crippen LogP contribution in [0.1, 0.15) is 112 Å². The summed E-state index contributed by atoms with van der Waals surface area (Å²) in [4.78, 5) is 0.